The molecule has 2 aromatic rings. The van der Waals surface area contributed by atoms with Gasteiger partial charge in [-0.3, -0.25) is 19.2 Å². The summed E-state index contributed by atoms with van der Waals surface area (Å²) in [5, 5.41) is 13.8. The fourth-order valence-corrected chi connectivity index (χ4v) is 8.20. The summed E-state index contributed by atoms with van der Waals surface area (Å²) in [6, 6.07) is 14.0. The number of likely N-dealkylation sites (tertiary alicyclic amines) is 1. The van der Waals surface area contributed by atoms with Gasteiger partial charge in [0.2, 0.25) is 11.8 Å². The van der Waals surface area contributed by atoms with Crippen LogP contribution >= 0.6 is 27.5 Å². The second-order valence-corrected chi connectivity index (χ2v) is 13.9. The molecule has 0 aromatic heterocycles. The molecule has 0 aliphatic carbocycles. The Balaban J connectivity index is 1.50. The van der Waals surface area contributed by atoms with Crippen molar-refractivity contribution in [1.82, 2.24) is 10.2 Å². The van der Waals surface area contributed by atoms with Gasteiger partial charge in [0.1, 0.15) is 29.8 Å². The maximum absolute atomic E-state index is 15.0. The fourth-order valence-electron chi connectivity index (χ4n) is 7.23. The first-order valence-corrected chi connectivity index (χ1v) is 17.0. The van der Waals surface area contributed by atoms with E-state index in [1.165, 1.54) is 9.80 Å². The Morgan fingerprint density at radius 3 is 2.47 bits per heavy atom. The van der Waals surface area contributed by atoms with Gasteiger partial charge in [-0.1, -0.05) is 96.0 Å². The normalized spacial score (nSPS) is 31.0. The van der Waals surface area contributed by atoms with Crippen LogP contribution in [0.15, 0.2) is 77.3 Å². The van der Waals surface area contributed by atoms with E-state index in [0.717, 1.165) is 0 Å². The number of hydrogen-bond acceptors (Lipinski definition) is 7. The van der Waals surface area contributed by atoms with Gasteiger partial charge in [-0.2, -0.15) is 0 Å². The number of halogens is 2. The lowest BCUT2D eigenvalue weighted by molar-refractivity contribution is -0.160. The summed E-state index contributed by atoms with van der Waals surface area (Å²) in [7, 11) is 0. The van der Waals surface area contributed by atoms with E-state index in [0.29, 0.717) is 27.2 Å². The maximum Gasteiger partial charge on any atom is 0.313 e. The van der Waals surface area contributed by atoms with Crippen molar-refractivity contribution >= 4 is 56.9 Å². The second kappa shape index (κ2) is 13.5. The third-order valence-corrected chi connectivity index (χ3v) is 10.5. The van der Waals surface area contributed by atoms with Crippen molar-refractivity contribution in [2.75, 3.05) is 24.6 Å². The van der Waals surface area contributed by atoms with Crippen LogP contribution in [-0.2, 0) is 28.7 Å². The molecular formula is C35H37BrClN3O7. The lowest BCUT2D eigenvalue weighted by Gasteiger charge is -2.40. The molecule has 4 aliphatic rings. The number of benzene rings is 2. The van der Waals surface area contributed by atoms with Crippen LogP contribution in [-0.4, -0.2) is 77.2 Å². The van der Waals surface area contributed by atoms with E-state index in [9.17, 15) is 19.5 Å². The number of nitrogens with one attached hydrogen (secondary N) is 1. The summed E-state index contributed by atoms with van der Waals surface area (Å²) in [4.78, 5) is 59.6. The molecule has 2 N–H and O–H groups in total. The summed E-state index contributed by atoms with van der Waals surface area (Å²) >= 11 is 10.2. The van der Waals surface area contributed by atoms with Gasteiger partial charge < -0.3 is 29.7 Å². The van der Waals surface area contributed by atoms with Gasteiger partial charge in [0.25, 0.3) is 5.91 Å². The number of esters is 1. The standard InChI is InChI=1S/C35H37BrClN3O7/c1-20(2)25(19-41)40-31-33(44)39(24-14-9-8-13-23(24)37)16-10-4-7-15-27(42)38-18-26(21-11-5-3-6-12-21)46-34(45)28-29(32(40)43)35(31)17-22(36)30(28)47-35/h3-6,8-14,17,20,25-26,28-31,41H,7,15-16,18-19H2,1-2H3,(H,38,42)/b10-4-/t25-,26-,28-,29+,30-,31-,35+/m0/s1. The summed E-state index contributed by atoms with van der Waals surface area (Å²) in [5.74, 6) is -4.30. The number of cyclic esters (lactones) is 1. The van der Waals surface area contributed by atoms with E-state index in [1.807, 2.05) is 38.1 Å². The molecule has 5 bridgehead atoms. The van der Waals surface area contributed by atoms with E-state index >= 15 is 4.79 Å². The molecule has 0 radical (unpaired) electrons. The number of carbonyl (C=O) groups excluding carboxylic acids is 4. The van der Waals surface area contributed by atoms with Gasteiger partial charge in [0.15, 0.2) is 0 Å². The molecule has 12 heteroatoms. The summed E-state index contributed by atoms with van der Waals surface area (Å²) in [5.41, 5.74) is -0.429. The molecule has 3 amide bonds. The first kappa shape index (κ1) is 33.4. The van der Waals surface area contributed by atoms with Crippen molar-refractivity contribution in [2.45, 2.75) is 56.6 Å². The monoisotopic (exact) mass is 725 g/mol. The fraction of sp³-hybridized carbons (Fsp3) is 0.429. The van der Waals surface area contributed by atoms with Gasteiger partial charge in [-0.25, -0.2) is 0 Å². The zero-order chi connectivity index (χ0) is 33.5. The number of fused-ring (bicyclic) bond motifs is 2. The van der Waals surface area contributed by atoms with Crippen LogP contribution in [0, 0.1) is 17.8 Å². The van der Waals surface area contributed by atoms with E-state index in [2.05, 4.69) is 21.2 Å². The van der Waals surface area contributed by atoms with Crippen LogP contribution in [0.3, 0.4) is 0 Å². The number of allylic oxidation sites excluding steroid dienone is 1. The molecule has 7 atom stereocenters. The molecule has 1 spiro atoms. The predicted molar refractivity (Wildman–Crippen MR) is 178 cm³/mol. The minimum Gasteiger partial charge on any atom is -0.455 e. The Labute approximate surface area is 286 Å². The number of amides is 3. The van der Waals surface area contributed by atoms with Gasteiger partial charge in [-0.15, -0.1) is 0 Å². The molecule has 4 heterocycles. The van der Waals surface area contributed by atoms with Gasteiger partial charge >= 0.3 is 5.97 Å². The Morgan fingerprint density at radius 1 is 1.04 bits per heavy atom. The predicted octanol–water partition coefficient (Wildman–Crippen LogP) is 4.31. The molecule has 0 saturated carbocycles. The topological polar surface area (TPSA) is 125 Å². The number of anilines is 1. The number of carbonyl (C=O) groups is 4. The van der Waals surface area contributed by atoms with Gasteiger partial charge in [0, 0.05) is 17.4 Å². The van der Waals surface area contributed by atoms with Crippen LogP contribution in [0.5, 0.6) is 0 Å². The van der Waals surface area contributed by atoms with Crippen molar-refractivity contribution in [1.29, 1.82) is 0 Å². The number of ether oxygens (including phenoxy) is 2. The maximum atomic E-state index is 15.0. The van der Waals surface area contributed by atoms with E-state index in [1.54, 1.807) is 48.6 Å². The third kappa shape index (κ3) is 5.92. The van der Waals surface area contributed by atoms with Gasteiger partial charge in [0.05, 0.1) is 35.8 Å². The largest absolute Gasteiger partial charge is 0.455 e. The molecule has 0 unspecified atom stereocenters. The van der Waals surface area contributed by atoms with Crippen LogP contribution in [0.1, 0.15) is 38.4 Å². The van der Waals surface area contributed by atoms with Gasteiger partial charge in [-0.05, 0) is 36.1 Å². The number of rotatable bonds is 5. The van der Waals surface area contributed by atoms with Crippen LogP contribution in [0.2, 0.25) is 5.02 Å². The smallest absolute Gasteiger partial charge is 0.313 e. The Bertz CT molecular complexity index is 1620. The highest BCUT2D eigenvalue weighted by Crippen LogP contribution is 2.59. The average Bonchev–Trinajstić information content (AvgIpc) is 3.65. The van der Waals surface area contributed by atoms with Crippen molar-refractivity contribution in [3.8, 4) is 0 Å². The minimum atomic E-state index is -1.53. The highest BCUT2D eigenvalue weighted by Gasteiger charge is 2.75. The molecule has 2 aromatic carbocycles. The highest BCUT2D eigenvalue weighted by molar-refractivity contribution is 9.11. The number of aliphatic hydroxyl groups is 1. The number of hydrogen-bond donors (Lipinski definition) is 2. The molecule has 10 nitrogen and oxygen atoms in total. The quantitative estimate of drug-likeness (QED) is 0.348. The van der Waals surface area contributed by atoms with E-state index in [-0.39, 0.29) is 31.3 Å². The minimum absolute atomic E-state index is 0.0325. The number of nitrogens with zero attached hydrogens (tertiary/aromatic N) is 2. The lowest BCUT2D eigenvalue weighted by Crippen LogP contribution is -2.59. The molecule has 6 rings (SSSR count). The molecule has 47 heavy (non-hydrogen) atoms. The molecular weight excluding hydrogens is 690 g/mol. The zero-order valence-corrected chi connectivity index (χ0v) is 28.4. The van der Waals surface area contributed by atoms with Crippen molar-refractivity contribution in [3.05, 3.63) is 87.9 Å². The van der Waals surface area contributed by atoms with Crippen molar-refractivity contribution in [2.24, 2.45) is 17.8 Å². The highest BCUT2D eigenvalue weighted by atomic mass is 79.9. The Kier molecular flexibility index (Phi) is 9.62. The molecule has 2 fully saturated rings. The lowest BCUT2D eigenvalue weighted by atomic mass is 9.74. The molecule has 2 saturated heterocycles. The van der Waals surface area contributed by atoms with E-state index in [4.69, 9.17) is 21.1 Å². The summed E-state index contributed by atoms with van der Waals surface area (Å²) in [6.45, 7) is 3.45. The Hall–Kier alpha value is -3.51. The second-order valence-electron chi connectivity index (χ2n) is 12.6. The van der Waals surface area contributed by atoms with E-state index < -0.39 is 66.1 Å². The zero-order valence-electron chi connectivity index (χ0n) is 26.1. The number of aliphatic hydroxyl groups excluding tert-OH is 1. The summed E-state index contributed by atoms with van der Waals surface area (Å²) < 4.78 is 13.2. The first-order valence-electron chi connectivity index (χ1n) is 15.8. The molecule has 248 valence electrons. The number of para-hydroxylation sites is 1. The SMILES string of the molecule is CC(C)[C@H](CO)N1C(=O)[C@H]2[C@@H]3C(=O)O[C@H](c4ccccc4)CNC(=O)CC/C=C\CN(c4ccccc4Cl)C(=O)[C@H]1[C@@]21C=C(Br)[C@@H]3O1. The van der Waals surface area contributed by atoms with Crippen molar-refractivity contribution in [3.63, 3.8) is 0 Å². The average molecular weight is 727 g/mol. The van der Waals surface area contributed by atoms with Crippen LogP contribution in [0.25, 0.3) is 0 Å². The summed E-state index contributed by atoms with van der Waals surface area (Å²) in [6.07, 6.45) is 4.20. The van der Waals surface area contributed by atoms with Crippen LogP contribution < -0.4 is 10.2 Å². The Morgan fingerprint density at radius 2 is 1.77 bits per heavy atom. The van der Waals surface area contributed by atoms with Crippen LogP contribution in [0.4, 0.5) is 5.69 Å². The van der Waals surface area contributed by atoms with Crippen molar-refractivity contribution < 1.29 is 33.8 Å². The first-order chi connectivity index (χ1) is 22.6. The molecule has 4 aliphatic heterocycles. The third-order valence-electron chi connectivity index (χ3n) is 9.50.